The maximum Gasteiger partial charge on any atom is 0.277 e. The molecule has 0 saturated heterocycles. The molecule has 8 heterocycles. The molecule has 1 aliphatic heterocycles. The highest BCUT2D eigenvalue weighted by molar-refractivity contribution is 7.92. The fraction of sp³-hybridized carbons (Fsp3) is 0.244. The Labute approximate surface area is 450 Å². The van der Waals surface area contributed by atoms with Crippen LogP contribution in [0.4, 0.5) is 10.9 Å². The van der Waals surface area contributed by atoms with Crippen LogP contribution in [0.15, 0.2) is 64.0 Å². The smallest absolute Gasteiger partial charge is 0.277 e. The molecule has 75 heavy (non-hydrogen) atoms. The number of aromatic nitrogens is 7. The van der Waals surface area contributed by atoms with Crippen molar-refractivity contribution in [1.29, 1.82) is 0 Å². The molecule has 0 aliphatic carbocycles. The molecule has 9 N–H and O–H groups in total. The van der Waals surface area contributed by atoms with Crippen LogP contribution in [0.5, 0.6) is 0 Å². The minimum absolute atomic E-state index is 0.00411. The zero-order valence-electron chi connectivity index (χ0n) is 39.4. The van der Waals surface area contributed by atoms with Crippen LogP contribution in [0.1, 0.15) is 81.4 Å². The van der Waals surface area contributed by atoms with Gasteiger partial charge in [-0.3, -0.25) is 34.0 Å². The molecule has 9 rings (SSSR count). The molecule has 0 radical (unpaired) electrons. The third-order valence-electron chi connectivity index (χ3n) is 10.9. The number of aliphatic hydroxyl groups excluding tert-OH is 1. The van der Waals surface area contributed by atoms with Gasteiger partial charge < -0.3 is 36.8 Å². The van der Waals surface area contributed by atoms with E-state index < -0.39 is 64.3 Å². The summed E-state index contributed by atoms with van der Waals surface area (Å²) in [6.07, 6.45) is -1.52. The highest BCUT2D eigenvalue weighted by Gasteiger charge is 2.31. The van der Waals surface area contributed by atoms with Crippen LogP contribution in [0, 0.1) is 6.92 Å². The van der Waals surface area contributed by atoms with E-state index in [1.54, 1.807) is 65.5 Å². The van der Waals surface area contributed by atoms with Gasteiger partial charge in [0.1, 0.15) is 71.3 Å². The Balaban J connectivity index is 1.13. The summed E-state index contributed by atoms with van der Waals surface area (Å²) in [6.45, 7) is 0.983. The van der Waals surface area contributed by atoms with E-state index in [4.69, 9.17) is 30.4 Å². The monoisotopic (exact) mass is 1150 g/mol. The number of benzene rings is 1. The number of pyridine rings is 1. The highest BCUT2D eigenvalue weighted by Crippen LogP contribution is 2.40. The third kappa shape index (κ3) is 12.1. The van der Waals surface area contributed by atoms with Gasteiger partial charge in [0.25, 0.3) is 17.7 Å². The maximum absolute atomic E-state index is 14.1. The number of hydrogen-bond acceptors (Lipinski definition) is 23. The number of rotatable bonds is 11. The summed E-state index contributed by atoms with van der Waals surface area (Å²) in [5, 5.41) is 33.7. The van der Waals surface area contributed by atoms with E-state index in [1.165, 1.54) is 42.2 Å². The van der Waals surface area contributed by atoms with Crippen LogP contribution in [-0.2, 0) is 31.0 Å². The Hall–Kier alpha value is -6.87. The Morgan fingerprint density at radius 2 is 1.52 bits per heavy atom. The highest BCUT2D eigenvalue weighted by atomic mass is 32.2. The lowest BCUT2D eigenvalue weighted by molar-refractivity contribution is -0.122. The van der Waals surface area contributed by atoms with Crippen LogP contribution < -0.4 is 37.0 Å². The normalized spacial score (nSPS) is 15.9. The van der Waals surface area contributed by atoms with Gasteiger partial charge in [-0.2, -0.15) is 0 Å². The van der Waals surface area contributed by atoms with Crippen LogP contribution in [0.2, 0.25) is 0 Å². The summed E-state index contributed by atoms with van der Waals surface area (Å²) in [6, 6.07) is 10.0. The molecular weight excluding hydrogens is 1110 g/mol. The number of thiazole rings is 6. The number of carbonyl (C=O) groups is 5. The lowest BCUT2D eigenvalue weighted by Gasteiger charge is -2.23. The number of fused-ring (bicyclic) bond motifs is 14. The number of carbonyl (C=O) groups excluding carboxylic acids is 5. The van der Waals surface area contributed by atoms with Gasteiger partial charge in [-0.1, -0.05) is 41.7 Å². The second-order valence-corrected chi connectivity index (χ2v) is 23.7. The van der Waals surface area contributed by atoms with Crippen LogP contribution in [-0.4, -0.2) is 111 Å². The number of sulfonamides is 1. The predicted octanol–water partition coefficient (Wildman–Crippen LogP) is 5.14. The van der Waals surface area contributed by atoms with E-state index in [9.17, 15) is 37.5 Å². The number of aliphatic hydroxyl groups is 1. The van der Waals surface area contributed by atoms with Gasteiger partial charge in [0, 0.05) is 52.7 Å². The van der Waals surface area contributed by atoms with Gasteiger partial charge in [0.15, 0.2) is 10.9 Å². The third-order valence-corrected chi connectivity index (χ3v) is 17.7. The number of ether oxygens (including phenoxy) is 1. The Morgan fingerprint density at radius 3 is 2.29 bits per heavy atom. The van der Waals surface area contributed by atoms with E-state index in [-0.39, 0.29) is 58.4 Å². The second kappa shape index (κ2) is 22.9. The molecule has 1 aliphatic rings. The first-order valence-electron chi connectivity index (χ1n) is 22.2. The van der Waals surface area contributed by atoms with Crippen molar-refractivity contribution in [2.45, 2.75) is 38.1 Å². The van der Waals surface area contributed by atoms with Crippen molar-refractivity contribution in [3.8, 4) is 43.4 Å². The number of anilines is 2. The van der Waals surface area contributed by atoms with Crippen LogP contribution in [0.3, 0.4) is 0 Å². The molecular formula is C45H42N14O9S7. The standard InChI is InChI=1S/C45H42N14O9S7/c1-20-32-39(65)58-45-57-34(28(74-45)15-68-3)38(64)48-14-31(61)55-35(36(62)21-7-5-4-6-8-21)44-53-27(18-71-44)42-51-25(16-70-42)33-22(9-10-23(49-33)41-54-29(19-72-41)59-75(66,67)12-11-46)40-52-26(17-69-40)37(63)50-24(13-30(60)47-2)43(56-32)73-20/h4-10,16-19,24,35-36,59,62H,11-15,46H2,1-3H3,(H,47,60)(H,48,64)(H,50,63)(H,55,61)(H,57,58,65)/t24-,35-,36-/m0/s1. The molecule has 1 aromatic carbocycles. The van der Waals surface area contributed by atoms with Gasteiger partial charge in [0.05, 0.1) is 41.9 Å². The van der Waals surface area contributed by atoms with E-state index in [0.29, 0.717) is 63.7 Å². The summed E-state index contributed by atoms with van der Waals surface area (Å²) in [7, 11) is -0.879. The SMILES string of the molecule is CNC(=O)C[C@@H]1NC(=O)c2csc(n2)-c2ccc(-c3nc(NS(=O)(=O)CCN)cs3)nc2-c2csc(n2)-c2csc(n2)[C@H]([C@@H](O)c2ccccc2)NC(=O)CNC(=O)c2nc(sc2COC)NC(=O)c2nc1sc2C. The fourth-order valence-corrected chi connectivity index (χ4v) is 13.4. The number of methoxy groups -OCH3 is 1. The Morgan fingerprint density at radius 1 is 0.787 bits per heavy atom. The lowest BCUT2D eigenvalue weighted by Crippen LogP contribution is -2.40. The largest absolute Gasteiger partial charge is 0.386 e. The second-order valence-electron chi connectivity index (χ2n) is 16.1. The van der Waals surface area contributed by atoms with Gasteiger partial charge in [-0.25, -0.2) is 43.3 Å². The van der Waals surface area contributed by atoms with Crippen molar-refractivity contribution in [2.75, 3.05) is 43.0 Å². The number of nitrogens with zero attached hydrogens (tertiary/aromatic N) is 7. The Bertz CT molecular complexity index is 3550. The first kappa shape index (κ1) is 53.0. The molecule has 0 saturated carbocycles. The van der Waals surface area contributed by atoms with E-state index in [2.05, 4.69) is 46.3 Å². The average Bonchev–Trinajstić information content (AvgIpc) is 4.27. The van der Waals surface area contributed by atoms with E-state index in [1.807, 2.05) is 0 Å². The summed E-state index contributed by atoms with van der Waals surface area (Å²) in [5.74, 6) is -3.35. The molecule has 10 bridgehead atoms. The Kier molecular flexibility index (Phi) is 16.2. The van der Waals surface area contributed by atoms with E-state index in [0.717, 1.165) is 45.3 Å². The van der Waals surface area contributed by atoms with Crippen molar-refractivity contribution in [3.05, 3.63) is 106 Å². The summed E-state index contributed by atoms with van der Waals surface area (Å²) < 4.78 is 32.8. The molecule has 5 amide bonds. The topological polar surface area (TPSA) is 337 Å². The number of amides is 5. The van der Waals surface area contributed by atoms with Crippen molar-refractivity contribution in [2.24, 2.45) is 5.73 Å². The van der Waals surface area contributed by atoms with Gasteiger partial charge >= 0.3 is 0 Å². The number of aryl methyl sites for hydroxylation is 1. The van der Waals surface area contributed by atoms with Gasteiger partial charge in [-0.05, 0) is 24.6 Å². The van der Waals surface area contributed by atoms with Crippen molar-refractivity contribution < 1.29 is 42.2 Å². The van der Waals surface area contributed by atoms with E-state index >= 15 is 0 Å². The molecule has 23 nitrogen and oxygen atoms in total. The van der Waals surface area contributed by atoms with Gasteiger partial charge in [0.2, 0.25) is 21.8 Å². The number of hydrogen-bond donors (Lipinski definition) is 8. The lowest BCUT2D eigenvalue weighted by atomic mass is 10.0. The average molecular weight is 1150 g/mol. The quantitative estimate of drug-likeness (QED) is 0.0831. The molecule has 3 atom stereocenters. The molecule has 8 aromatic rings. The first-order chi connectivity index (χ1) is 36.1. The first-order valence-corrected chi connectivity index (χ1v) is 29.0. The van der Waals surface area contributed by atoms with Crippen LogP contribution >= 0.6 is 68.0 Å². The van der Waals surface area contributed by atoms with Crippen molar-refractivity contribution in [1.82, 2.24) is 56.2 Å². The summed E-state index contributed by atoms with van der Waals surface area (Å²) in [5.41, 5.74) is 7.84. The maximum atomic E-state index is 14.1. The molecule has 0 fully saturated rings. The van der Waals surface area contributed by atoms with Crippen molar-refractivity contribution >= 4 is 119 Å². The fourth-order valence-electron chi connectivity index (χ4n) is 7.33. The molecule has 30 heteroatoms. The zero-order chi connectivity index (χ0) is 53.0. The van der Waals surface area contributed by atoms with Crippen LogP contribution in [0.25, 0.3) is 43.4 Å². The summed E-state index contributed by atoms with van der Waals surface area (Å²) in [4.78, 5) is 102. The number of nitrogens with two attached hydrogens (primary N) is 1. The minimum atomic E-state index is -3.75. The minimum Gasteiger partial charge on any atom is -0.386 e. The molecule has 0 unspecified atom stereocenters. The number of nitrogens with one attached hydrogen (secondary N) is 6. The predicted molar refractivity (Wildman–Crippen MR) is 286 cm³/mol. The summed E-state index contributed by atoms with van der Waals surface area (Å²) >= 11 is 6.79. The van der Waals surface area contributed by atoms with Gasteiger partial charge in [-0.15, -0.1) is 56.7 Å². The molecule has 7 aromatic heterocycles. The molecule has 388 valence electrons. The van der Waals surface area contributed by atoms with Crippen molar-refractivity contribution in [3.63, 3.8) is 0 Å². The molecule has 0 spiro atoms. The zero-order valence-corrected chi connectivity index (χ0v) is 45.1.